The van der Waals surface area contributed by atoms with E-state index in [9.17, 15) is 19.2 Å². The lowest BCUT2D eigenvalue weighted by Gasteiger charge is -2.29. The summed E-state index contributed by atoms with van der Waals surface area (Å²) in [6.07, 6.45) is 4.07. The number of hydrogen-bond acceptors (Lipinski definition) is 8. The molecule has 0 spiro atoms. The largest absolute Gasteiger partial charge is 0.480 e. The van der Waals surface area contributed by atoms with E-state index in [0.29, 0.717) is 18.5 Å². The zero-order valence-corrected chi connectivity index (χ0v) is 17.0. The fourth-order valence-corrected chi connectivity index (χ4v) is 3.39. The van der Waals surface area contributed by atoms with Gasteiger partial charge < -0.3 is 36.5 Å². The SMILES string of the molecule is NC(Cc1cnc[nH]1)C(=O)NC(CS)C(=O)N1CCCC1C(=O)NC(CO)C(=O)O. The summed E-state index contributed by atoms with van der Waals surface area (Å²) in [5.41, 5.74) is 6.55. The molecule has 1 aromatic heterocycles. The molecule has 0 aliphatic carbocycles. The maximum absolute atomic E-state index is 12.9. The van der Waals surface area contributed by atoms with Crippen LogP contribution in [0.2, 0.25) is 0 Å². The van der Waals surface area contributed by atoms with Crippen LogP contribution in [-0.2, 0) is 25.6 Å². The fraction of sp³-hybridized carbons (Fsp3) is 0.588. The second-order valence-corrected chi connectivity index (χ2v) is 7.27. The van der Waals surface area contributed by atoms with Gasteiger partial charge in [-0.05, 0) is 12.8 Å². The number of imidazole rings is 1. The lowest BCUT2D eigenvalue weighted by molar-refractivity contribution is -0.145. The molecule has 166 valence electrons. The molecule has 4 atom stereocenters. The molecule has 12 nitrogen and oxygen atoms in total. The van der Waals surface area contributed by atoms with Crippen molar-refractivity contribution >= 4 is 36.3 Å². The van der Waals surface area contributed by atoms with Gasteiger partial charge in [-0.3, -0.25) is 14.4 Å². The number of carboxylic acids is 1. The van der Waals surface area contributed by atoms with Crippen molar-refractivity contribution in [2.45, 2.75) is 43.4 Å². The molecule has 1 aromatic rings. The minimum Gasteiger partial charge on any atom is -0.480 e. The molecule has 2 rings (SSSR count). The van der Waals surface area contributed by atoms with Crippen molar-refractivity contribution in [1.82, 2.24) is 25.5 Å². The molecule has 1 fully saturated rings. The smallest absolute Gasteiger partial charge is 0.328 e. The van der Waals surface area contributed by atoms with Crippen LogP contribution < -0.4 is 16.4 Å². The van der Waals surface area contributed by atoms with Gasteiger partial charge in [0, 0.05) is 30.6 Å². The highest BCUT2D eigenvalue weighted by molar-refractivity contribution is 7.80. The summed E-state index contributed by atoms with van der Waals surface area (Å²) >= 11 is 4.13. The van der Waals surface area contributed by atoms with Crippen LogP contribution in [0.5, 0.6) is 0 Å². The van der Waals surface area contributed by atoms with Gasteiger partial charge in [0.15, 0.2) is 0 Å². The second kappa shape index (κ2) is 10.9. The molecular formula is C17H26N6O6S. The number of amides is 3. The van der Waals surface area contributed by atoms with Crippen LogP contribution >= 0.6 is 12.6 Å². The highest BCUT2D eigenvalue weighted by atomic mass is 32.1. The number of thiol groups is 1. The molecule has 1 aliphatic heterocycles. The Bertz CT molecular complexity index is 760. The Morgan fingerprint density at radius 1 is 1.33 bits per heavy atom. The van der Waals surface area contributed by atoms with E-state index in [0.717, 1.165) is 0 Å². The monoisotopic (exact) mass is 442 g/mol. The Hall–Kier alpha value is -2.64. The summed E-state index contributed by atoms with van der Waals surface area (Å²) in [5.74, 6) is -3.14. The molecule has 13 heteroatoms. The number of nitrogens with two attached hydrogens (primary N) is 1. The zero-order valence-electron chi connectivity index (χ0n) is 16.2. The van der Waals surface area contributed by atoms with Crippen LogP contribution in [0.4, 0.5) is 0 Å². The molecular weight excluding hydrogens is 416 g/mol. The van der Waals surface area contributed by atoms with Gasteiger partial charge in [0.2, 0.25) is 17.7 Å². The molecule has 30 heavy (non-hydrogen) atoms. The third-order valence-corrected chi connectivity index (χ3v) is 5.13. The molecule has 1 saturated heterocycles. The van der Waals surface area contributed by atoms with E-state index in [2.05, 4.69) is 33.2 Å². The number of nitrogens with zero attached hydrogens (tertiary/aromatic N) is 2. The van der Waals surface area contributed by atoms with Gasteiger partial charge in [0.25, 0.3) is 0 Å². The number of likely N-dealkylation sites (tertiary alicyclic amines) is 1. The van der Waals surface area contributed by atoms with E-state index in [1.165, 1.54) is 11.2 Å². The standard InChI is InChI=1S/C17H26N6O6S/c18-10(4-9-5-19-8-20-9)14(25)22-12(7-30)16(27)23-3-1-2-13(23)15(26)21-11(6-24)17(28)29/h5,8,10-13,24,30H,1-4,6-7,18H2,(H,19,20)(H,21,26)(H,22,25)(H,28,29). The van der Waals surface area contributed by atoms with Crippen molar-refractivity contribution in [3.8, 4) is 0 Å². The van der Waals surface area contributed by atoms with Crippen molar-refractivity contribution in [3.05, 3.63) is 18.2 Å². The van der Waals surface area contributed by atoms with Crippen LogP contribution in [0, 0.1) is 0 Å². The van der Waals surface area contributed by atoms with Crippen molar-refractivity contribution in [2.24, 2.45) is 5.73 Å². The average Bonchev–Trinajstić information content (AvgIpc) is 3.40. The Kier molecular flexibility index (Phi) is 8.62. The minimum absolute atomic E-state index is 0.0133. The summed E-state index contributed by atoms with van der Waals surface area (Å²) < 4.78 is 0. The summed E-state index contributed by atoms with van der Waals surface area (Å²) in [7, 11) is 0. The predicted molar refractivity (Wildman–Crippen MR) is 107 cm³/mol. The number of carbonyl (C=O) groups excluding carboxylic acids is 3. The number of carboxylic acid groups (broad SMARTS) is 1. The van der Waals surface area contributed by atoms with Crippen molar-refractivity contribution < 1.29 is 29.4 Å². The maximum atomic E-state index is 12.9. The molecule has 3 amide bonds. The zero-order chi connectivity index (χ0) is 22.3. The lowest BCUT2D eigenvalue weighted by Crippen LogP contribution is -2.57. The first-order valence-corrected chi connectivity index (χ1v) is 10.00. The number of hydrogen-bond donors (Lipinski definition) is 7. The summed E-state index contributed by atoms with van der Waals surface area (Å²) in [4.78, 5) is 56.7. The molecule has 4 unspecified atom stereocenters. The van der Waals surface area contributed by atoms with Crippen molar-refractivity contribution in [1.29, 1.82) is 0 Å². The number of aliphatic carboxylic acids is 1. The van der Waals surface area contributed by atoms with Gasteiger partial charge in [0.05, 0.1) is 19.0 Å². The molecule has 2 heterocycles. The van der Waals surface area contributed by atoms with Gasteiger partial charge in [-0.1, -0.05) is 0 Å². The van der Waals surface area contributed by atoms with E-state index in [4.69, 9.17) is 15.9 Å². The van der Waals surface area contributed by atoms with Crippen LogP contribution in [0.1, 0.15) is 18.5 Å². The van der Waals surface area contributed by atoms with Crippen LogP contribution in [0.15, 0.2) is 12.5 Å². The Labute approximate surface area is 178 Å². The number of rotatable bonds is 10. The van der Waals surface area contributed by atoms with E-state index >= 15 is 0 Å². The van der Waals surface area contributed by atoms with Crippen LogP contribution in [0.3, 0.4) is 0 Å². The van der Waals surface area contributed by atoms with E-state index < -0.39 is 54.5 Å². The van der Waals surface area contributed by atoms with Crippen LogP contribution in [0.25, 0.3) is 0 Å². The highest BCUT2D eigenvalue weighted by Gasteiger charge is 2.38. The van der Waals surface area contributed by atoms with Crippen molar-refractivity contribution in [3.63, 3.8) is 0 Å². The maximum Gasteiger partial charge on any atom is 0.328 e. The average molecular weight is 442 g/mol. The van der Waals surface area contributed by atoms with E-state index in [-0.39, 0.29) is 18.7 Å². The molecule has 1 aliphatic rings. The normalized spacial score (nSPS) is 19.0. The predicted octanol–water partition coefficient (Wildman–Crippen LogP) is -2.75. The summed E-state index contributed by atoms with van der Waals surface area (Å²) in [6.45, 7) is -0.501. The number of carbonyl (C=O) groups is 4. The minimum atomic E-state index is -1.46. The first-order valence-electron chi connectivity index (χ1n) is 9.37. The van der Waals surface area contributed by atoms with Gasteiger partial charge in [-0.15, -0.1) is 0 Å². The number of aromatic nitrogens is 2. The lowest BCUT2D eigenvalue weighted by atomic mass is 10.1. The van der Waals surface area contributed by atoms with Crippen molar-refractivity contribution in [2.75, 3.05) is 18.9 Å². The van der Waals surface area contributed by atoms with E-state index in [1.807, 2.05) is 0 Å². The summed E-state index contributed by atoms with van der Waals surface area (Å²) in [5, 5.41) is 22.8. The quantitative estimate of drug-likeness (QED) is 0.190. The third-order valence-electron chi connectivity index (χ3n) is 4.76. The first-order chi connectivity index (χ1) is 14.3. The van der Waals surface area contributed by atoms with E-state index in [1.54, 1.807) is 6.20 Å². The molecule has 7 N–H and O–H groups in total. The second-order valence-electron chi connectivity index (χ2n) is 6.90. The van der Waals surface area contributed by atoms with Gasteiger partial charge >= 0.3 is 5.97 Å². The number of nitrogens with one attached hydrogen (secondary N) is 3. The topological polar surface area (TPSA) is 191 Å². The number of H-pyrrole nitrogens is 1. The Balaban J connectivity index is 1.99. The van der Waals surface area contributed by atoms with Gasteiger partial charge in [-0.2, -0.15) is 12.6 Å². The Morgan fingerprint density at radius 2 is 2.07 bits per heavy atom. The third kappa shape index (κ3) is 5.93. The number of aliphatic hydroxyl groups excluding tert-OH is 1. The fourth-order valence-electron chi connectivity index (χ4n) is 3.15. The molecule has 0 aromatic carbocycles. The first kappa shape index (κ1) is 23.6. The van der Waals surface area contributed by atoms with Gasteiger partial charge in [-0.25, -0.2) is 9.78 Å². The summed E-state index contributed by atoms with van der Waals surface area (Å²) in [6, 6.07) is -4.28. The molecule has 0 bridgehead atoms. The highest BCUT2D eigenvalue weighted by Crippen LogP contribution is 2.19. The number of aromatic amines is 1. The Morgan fingerprint density at radius 3 is 2.63 bits per heavy atom. The molecule has 0 radical (unpaired) electrons. The number of aliphatic hydroxyl groups is 1. The van der Waals surface area contributed by atoms with Gasteiger partial charge in [0.1, 0.15) is 18.1 Å². The van der Waals surface area contributed by atoms with Crippen LogP contribution in [-0.4, -0.2) is 91.8 Å². The molecule has 0 saturated carbocycles.